The Balaban J connectivity index is 1.34. The van der Waals surface area contributed by atoms with Gasteiger partial charge in [0.15, 0.2) is 0 Å². The van der Waals surface area contributed by atoms with E-state index in [4.69, 9.17) is 10.1 Å². The quantitative estimate of drug-likeness (QED) is 0.373. The molecular weight excluding hydrogens is 416 g/mol. The molecule has 2 amide bonds. The minimum Gasteiger partial charge on any atom is -0.371 e. The number of anilines is 3. The molecule has 2 aromatic heterocycles. The first-order valence-corrected chi connectivity index (χ1v) is 11.0. The molecule has 3 aromatic rings. The Labute approximate surface area is 193 Å². The lowest BCUT2D eigenvalue weighted by Crippen LogP contribution is -2.43. The van der Waals surface area contributed by atoms with Gasteiger partial charge in [0.05, 0.1) is 30.6 Å². The Hall–Kier alpha value is -3.78. The molecule has 1 fully saturated rings. The van der Waals surface area contributed by atoms with Gasteiger partial charge in [-0.3, -0.25) is 10.3 Å². The lowest BCUT2D eigenvalue weighted by molar-refractivity contribution is 0.0305. The maximum absolute atomic E-state index is 12.6. The third-order valence-electron chi connectivity index (χ3n) is 5.58. The van der Waals surface area contributed by atoms with E-state index in [0.717, 1.165) is 36.2 Å². The number of pyridine rings is 2. The fourth-order valence-electron chi connectivity index (χ4n) is 3.93. The van der Waals surface area contributed by atoms with E-state index in [1.165, 1.54) is 6.21 Å². The number of hydrogen-bond donors (Lipinski definition) is 4. The summed E-state index contributed by atoms with van der Waals surface area (Å²) in [6.07, 6.45) is 7.34. The van der Waals surface area contributed by atoms with Gasteiger partial charge in [-0.1, -0.05) is 30.3 Å². The molecule has 4 rings (SSSR count). The van der Waals surface area contributed by atoms with E-state index in [1.807, 2.05) is 49.4 Å². The van der Waals surface area contributed by atoms with Crippen molar-refractivity contribution in [2.45, 2.75) is 44.9 Å². The van der Waals surface area contributed by atoms with Crippen molar-refractivity contribution >= 4 is 29.4 Å². The van der Waals surface area contributed by atoms with E-state index in [1.54, 1.807) is 18.5 Å². The van der Waals surface area contributed by atoms with E-state index in [0.29, 0.717) is 23.7 Å². The van der Waals surface area contributed by atoms with Crippen LogP contribution in [0.1, 0.15) is 36.1 Å². The topological polar surface area (TPSA) is 112 Å². The molecule has 8 nitrogen and oxygen atoms in total. The predicted octanol–water partition coefficient (Wildman–Crippen LogP) is 4.79. The molecule has 0 radical (unpaired) electrons. The summed E-state index contributed by atoms with van der Waals surface area (Å²) in [7, 11) is 0. The number of aromatic nitrogens is 2. The van der Waals surface area contributed by atoms with Crippen LogP contribution in [0.4, 0.5) is 22.0 Å². The van der Waals surface area contributed by atoms with E-state index >= 15 is 0 Å². The molecule has 0 unspecified atom stereocenters. The van der Waals surface area contributed by atoms with Gasteiger partial charge < -0.3 is 20.8 Å². The molecule has 33 heavy (non-hydrogen) atoms. The summed E-state index contributed by atoms with van der Waals surface area (Å²) in [5.74, 6) is 0.377. The van der Waals surface area contributed by atoms with Crippen molar-refractivity contribution in [1.82, 2.24) is 15.3 Å². The highest BCUT2D eigenvalue weighted by atomic mass is 16.5. The Morgan fingerprint density at radius 1 is 1.18 bits per heavy atom. The molecule has 1 aliphatic rings. The minimum absolute atomic E-state index is 0.0172. The van der Waals surface area contributed by atoms with Crippen LogP contribution in [0, 0.1) is 12.3 Å². The van der Waals surface area contributed by atoms with Crippen LogP contribution >= 0.6 is 0 Å². The van der Waals surface area contributed by atoms with Gasteiger partial charge >= 0.3 is 6.03 Å². The molecule has 1 aromatic carbocycles. The maximum Gasteiger partial charge on any atom is 0.320 e. The SMILES string of the molecule is Cc1cc(Nc2cnc(NC(=O)N[C@H]3CCC[C@@H]3OCc3ccccc3)cc2C=N)ccn1. The molecule has 0 spiro atoms. The molecule has 8 heteroatoms. The van der Waals surface area contributed by atoms with Gasteiger partial charge in [-0.05, 0) is 49.9 Å². The molecule has 0 bridgehead atoms. The summed E-state index contributed by atoms with van der Waals surface area (Å²) < 4.78 is 6.07. The molecule has 1 aliphatic carbocycles. The van der Waals surface area contributed by atoms with Gasteiger partial charge in [0.1, 0.15) is 5.82 Å². The number of carbonyl (C=O) groups is 1. The Kier molecular flexibility index (Phi) is 7.26. The highest BCUT2D eigenvalue weighted by Gasteiger charge is 2.29. The molecule has 2 atom stereocenters. The summed E-state index contributed by atoms with van der Waals surface area (Å²) in [6.45, 7) is 2.44. The zero-order chi connectivity index (χ0) is 23.0. The molecule has 0 saturated heterocycles. The van der Waals surface area contributed by atoms with Crippen LogP contribution < -0.4 is 16.0 Å². The zero-order valence-corrected chi connectivity index (χ0v) is 18.5. The van der Waals surface area contributed by atoms with E-state index < -0.39 is 0 Å². The van der Waals surface area contributed by atoms with Crippen molar-refractivity contribution < 1.29 is 9.53 Å². The first kappa shape index (κ1) is 22.4. The summed E-state index contributed by atoms with van der Waals surface area (Å²) in [6, 6.07) is 15.1. The van der Waals surface area contributed by atoms with E-state index in [9.17, 15) is 4.79 Å². The summed E-state index contributed by atoms with van der Waals surface area (Å²) in [5, 5.41) is 16.8. The van der Waals surface area contributed by atoms with Crippen LogP contribution in [0.2, 0.25) is 0 Å². The van der Waals surface area contributed by atoms with Crippen LogP contribution in [-0.4, -0.2) is 34.4 Å². The third kappa shape index (κ3) is 6.14. The fraction of sp³-hybridized carbons (Fsp3) is 0.280. The van der Waals surface area contributed by atoms with Gasteiger partial charge in [0, 0.05) is 29.4 Å². The number of amides is 2. The molecule has 0 aliphatic heterocycles. The van der Waals surface area contributed by atoms with Crippen molar-refractivity contribution in [1.29, 1.82) is 5.41 Å². The number of hydrogen-bond acceptors (Lipinski definition) is 6. The normalized spacial score (nSPS) is 17.4. The second kappa shape index (κ2) is 10.7. The van der Waals surface area contributed by atoms with Crippen molar-refractivity contribution in [2.75, 3.05) is 10.6 Å². The standard InChI is InChI=1S/C25H28N6O2/c1-17-12-20(10-11-27-17)29-22-15-28-24(13-19(22)14-26)31-25(32)30-21-8-5-9-23(21)33-16-18-6-3-2-4-7-18/h2-4,6-7,10-15,21,23,26H,5,8-9,16H2,1H3,(H,27,29)(H2,28,30,31,32)/t21-,23-/m0/s1. The van der Waals surface area contributed by atoms with E-state index in [2.05, 4.69) is 25.9 Å². The predicted molar refractivity (Wildman–Crippen MR) is 129 cm³/mol. The lowest BCUT2D eigenvalue weighted by Gasteiger charge is -2.22. The third-order valence-corrected chi connectivity index (χ3v) is 5.58. The summed E-state index contributed by atoms with van der Waals surface area (Å²) >= 11 is 0. The van der Waals surface area contributed by atoms with Crippen LogP contribution in [0.25, 0.3) is 0 Å². The molecule has 170 valence electrons. The number of nitrogens with zero attached hydrogens (tertiary/aromatic N) is 2. The molecule has 2 heterocycles. The first-order valence-electron chi connectivity index (χ1n) is 11.0. The fourth-order valence-corrected chi connectivity index (χ4v) is 3.93. The monoisotopic (exact) mass is 444 g/mol. The van der Waals surface area contributed by atoms with Crippen molar-refractivity contribution in [3.8, 4) is 0 Å². The minimum atomic E-state index is -0.330. The number of aryl methyl sites for hydroxylation is 1. The second-order valence-electron chi connectivity index (χ2n) is 8.08. The Bertz CT molecular complexity index is 1110. The number of ether oxygens (including phenoxy) is 1. The largest absolute Gasteiger partial charge is 0.371 e. The van der Waals surface area contributed by atoms with Crippen molar-refractivity contribution in [2.24, 2.45) is 0 Å². The van der Waals surface area contributed by atoms with Crippen molar-refractivity contribution in [3.63, 3.8) is 0 Å². The maximum atomic E-state index is 12.6. The van der Waals surface area contributed by atoms with Crippen LogP contribution in [0.15, 0.2) is 60.9 Å². The van der Waals surface area contributed by atoms with Gasteiger partial charge in [0.25, 0.3) is 0 Å². The number of urea groups is 1. The molecular formula is C25H28N6O2. The van der Waals surface area contributed by atoms with Crippen LogP contribution in [0.3, 0.4) is 0 Å². The van der Waals surface area contributed by atoms with E-state index in [-0.39, 0.29) is 18.2 Å². The number of benzene rings is 1. The summed E-state index contributed by atoms with van der Waals surface area (Å²) in [4.78, 5) is 21.1. The molecule has 1 saturated carbocycles. The number of nitrogens with one attached hydrogen (secondary N) is 4. The van der Waals surface area contributed by atoms with Gasteiger partial charge in [-0.15, -0.1) is 0 Å². The zero-order valence-electron chi connectivity index (χ0n) is 18.5. The smallest absolute Gasteiger partial charge is 0.320 e. The summed E-state index contributed by atoms with van der Waals surface area (Å²) in [5.41, 5.74) is 4.14. The van der Waals surface area contributed by atoms with Crippen molar-refractivity contribution in [3.05, 3.63) is 77.7 Å². The number of carbonyl (C=O) groups excluding carboxylic acids is 1. The highest BCUT2D eigenvalue weighted by molar-refractivity contribution is 5.92. The van der Waals surface area contributed by atoms with Crippen LogP contribution in [-0.2, 0) is 11.3 Å². The Morgan fingerprint density at radius 2 is 2.03 bits per heavy atom. The second-order valence-corrected chi connectivity index (χ2v) is 8.08. The average molecular weight is 445 g/mol. The van der Waals surface area contributed by atoms with Gasteiger partial charge in [-0.2, -0.15) is 0 Å². The van der Waals surface area contributed by atoms with Gasteiger partial charge in [-0.25, -0.2) is 9.78 Å². The van der Waals surface area contributed by atoms with Gasteiger partial charge in [0.2, 0.25) is 0 Å². The molecule has 4 N–H and O–H groups in total. The Morgan fingerprint density at radius 3 is 2.82 bits per heavy atom. The van der Waals surface area contributed by atoms with Crippen LogP contribution in [0.5, 0.6) is 0 Å². The first-order chi connectivity index (χ1) is 16.1. The number of rotatable bonds is 8. The average Bonchev–Trinajstić information content (AvgIpc) is 3.26. The highest BCUT2D eigenvalue weighted by Crippen LogP contribution is 2.24. The lowest BCUT2D eigenvalue weighted by atomic mass is 10.2.